The molecule has 2 aromatic carbocycles. The zero-order valence-electron chi connectivity index (χ0n) is 11.9. The molecule has 2 atom stereocenters. The highest BCUT2D eigenvalue weighted by atomic mass is 35.5. The van der Waals surface area contributed by atoms with Gasteiger partial charge in [0.05, 0.1) is 0 Å². The number of hydrogen-bond acceptors (Lipinski definition) is 2. The maximum absolute atomic E-state index is 6.34. The zero-order valence-corrected chi connectivity index (χ0v) is 14.3. The third-order valence-corrected chi connectivity index (χ3v) is 5.60. The van der Waals surface area contributed by atoms with E-state index in [1.807, 2.05) is 36.4 Å². The standard InChI is InChI=1S/C17H19Cl2NS/c1-2-16(20)17(13-8-4-6-10-15(13)19)21-11-12-7-3-5-9-14(12)18/h3-10,16-17H,2,11,20H2,1H3. The predicted molar refractivity (Wildman–Crippen MR) is 95.2 cm³/mol. The molecule has 0 aromatic heterocycles. The maximum atomic E-state index is 6.34. The van der Waals surface area contributed by atoms with E-state index in [4.69, 9.17) is 28.9 Å². The summed E-state index contributed by atoms with van der Waals surface area (Å²) in [5.41, 5.74) is 8.54. The van der Waals surface area contributed by atoms with Crippen LogP contribution in [-0.2, 0) is 5.75 Å². The molecule has 0 bridgehead atoms. The van der Waals surface area contributed by atoms with Crippen molar-refractivity contribution >= 4 is 35.0 Å². The van der Waals surface area contributed by atoms with Gasteiger partial charge < -0.3 is 5.73 Å². The summed E-state index contributed by atoms with van der Waals surface area (Å²) in [6.07, 6.45) is 0.908. The van der Waals surface area contributed by atoms with Crippen molar-refractivity contribution in [3.05, 3.63) is 69.7 Å². The second kappa shape index (κ2) is 8.09. The van der Waals surface area contributed by atoms with Gasteiger partial charge in [0.2, 0.25) is 0 Å². The lowest BCUT2D eigenvalue weighted by molar-refractivity contribution is 0.634. The minimum atomic E-state index is 0.0670. The van der Waals surface area contributed by atoms with Crippen LogP contribution in [0.25, 0.3) is 0 Å². The van der Waals surface area contributed by atoms with E-state index < -0.39 is 0 Å². The molecule has 0 saturated heterocycles. The van der Waals surface area contributed by atoms with E-state index in [0.29, 0.717) is 0 Å². The number of hydrogen-bond donors (Lipinski definition) is 1. The fourth-order valence-electron chi connectivity index (χ4n) is 2.16. The molecule has 2 rings (SSSR count). The van der Waals surface area contributed by atoms with Crippen LogP contribution in [-0.4, -0.2) is 6.04 Å². The summed E-state index contributed by atoms with van der Waals surface area (Å²) in [6.45, 7) is 2.10. The molecule has 0 aliphatic rings. The van der Waals surface area contributed by atoms with Crippen LogP contribution in [0, 0.1) is 0 Å². The summed E-state index contributed by atoms with van der Waals surface area (Å²) >= 11 is 14.4. The van der Waals surface area contributed by atoms with Gasteiger partial charge in [0, 0.05) is 27.1 Å². The summed E-state index contributed by atoms with van der Waals surface area (Å²) < 4.78 is 0. The van der Waals surface area contributed by atoms with Crippen molar-refractivity contribution in [1.82, 2.24) is 0 Å². The Labute approximate surface area is 140 Å². The molecule has 0 amide bonds. The van der Waals surface area contributed by atoms with Gasteiger partial charge in [-0.25, -0.2) is 0 Å². The number of halogens is 2. The molecule has 0 radical (unpaired) electrons. The van der Waals surface area contributed by atoms with Gasteiger partial charge in [-0.1, -0.05) is 66.5 Å². The van der Waals surface area contributed by atoms with E-state index in [1.165, 1.54) is 0 Å². The molecule has 1 nitrogen and oxygen atoms in total. The number of benzene rings is 2. The number of rotatable bonds is 6. The topological polar surface area (TPSA) is 26.0 Å². The highest BCUT2D eigenvalue weighted by molar-refractivity contribution is 7.98. The first-order valence-corrected chi connectivity index (χ1v) is 8.79. The minimum absolute atomic E-state index is 0.0670. The molecule has 4 heteroatoms. The SMILES string of the molecule is CCC(N)C(SCc1ccccc1Cl)c1ccccc1Cl. The highest BCUT2D eigenvalue weighted by Gasteiger charge is 2.21. The first-order valence-electron chi connectivity index (χ1n) is 6.98. The smallest absolute Gasteiger partial charge is 0.0466 e. The minimum Gasteiger partial charge on any atom is -0.326 e. The monoisotopic (exact) mass is 339 g/mol. The molecule has 0 fully saturated rings. The fraction of sp³-hybridized carbons (Fsp3) is 0.294. The van der Waals surface area contributed by atoms with Gasteiger partial charge >= 0.3 is 0 Å². The van der Waals surface area contributed by atoms with Gasteiger partial charge in [-0.05, 0) is 29.7 Å². The Morgan fingerprint density at radius 3 is 2.24 bits per heavy atom. The van der Waals surface area contributed by atoms with Gasteiger partial charge in [-0.2, -0.15) is 0 Å². The average molecular weight is 340 g/mol. The molecule has 0 heterocycles. The Hall–Kier alpha value is -0.670. The molecular weight excluding hydrogens is 321 g/mol. The molecule has 2 N–H and O–H groups in total. The second-order valence-electron chi connectivity index (χ2n) is 4.92. The lowest BCUT2D eigenvalue weighted by Gasteiger charge is -2.24. The van der Waals surface area contributed by atoms with E-state index in [-0.39, 0.29) is 11.3 Å². The van der Waals surface area contributed by atoms with Gasteiger partial charge in [-0.3, -0.25) is 0 Å². The van der Waals surface area contributed by atoms with E-state index >= 15 is 0 Å². The van der Waals surface area contributed by atoms with Crippen molar-refractivity contribution in [1.29, 1.82) is 0 Å². The molecule has 0 aliphatic carbocycles. The van der Waals surface area contributed by atoms with Gasteiger partial charge in [-0.15, -0.1) is 11.8 Å². The first-order chi connectivity index (χ1) is 10.1. The lowest BCUT2D eigenvalue weighted by atomic mass is 10.0. The number of nitrogens with two attached hydrogens (primary N) is 1. The largest absolute Gasteiger partial charge is 0.326 e. The zero-order chi connectivity index (χ0) is 15.2. The predicted octanol–water partition coefficient (Wildman–Crippen LogP) is 5.71. The summed E-state index contributed by atoms with van der Waals surface area (Å²) in [5, 5.41) is 1.74. The Morgan fingerprint density at radius 2 is 1.62 bits per heavy atom. The Balaban J connectivity index is 2.18. The summed E-state index contributed by atoms with van der Waals surface area (Å²) in [4.78, 5) is 0. The van der Waals surface area contributed by atoms with Crippen molar-refractivity contribution in [3.63, 3.8) is 0 Å². The van der Waals surface area contributed by atoms with Crippen molar-refractivity contribution < 1.29 is 0 Å². The number of thioether (sulfide) groups is 1. The van der Waals surface area contributed by atoms with Gasteiger partial charge in [0.1, 0.15) is 0 Å². The van der Waals surface area contributed by atoms with Crippen molar-refractivity contribution in [3.8, 4) is 0 Å². The molecule has 0 saturated carbocycles. The Morgan fingerprint density at radius 1 is 1.00 bits per heavy atom. The van der Waals surface area contributed by atoms with Crippen LogP contribution in [0.4, 0.5) is 0 Å². The fourth-order valence-corrected chi connectivity index (χ4v) is 4.19. The van der Waals surface area contributed by atoms with Crippen LogP contribution in [0.5, 0.6) is 0 Å². The molecule has 112 valence electrons. The van der Waals surface area contributed by atoms with E-state index in [1.54, 1.807) is 11.8 Å². The summed E-state index contributed by atoms with van der Waals surface area (Å²) in [6, 6.07) is 15.9. The van der Waals surface area contributed by atoms with Crippen LogP contribution in [0.15, 0.2) is 48.5 Å². The molecule has 0 aliphatic heterocycles. The molecule has 21 heavy (non-hydrogen) atoms. The molecular formula is C17H19Cl2NS. The van der Waals surface area contributed by atoms with Crippen LogP contribution >= 0.6 is 35.0 Å². The molecule has 2 unspecified atom stereocenters. The van der Waals surface area contributed by atoms with Crippen LogP contribution < -0.4 is 5.73 Å². The summed E-state index contributed by atoms with van der Waals surface area (Å²) in [7, 11) is 0. The maximum Gasteiger partial charge on any atom is 0.0466 e. The van der Waals surface area contributed by atoms with Crippen LogP contribution in [0.3, 0.4) is 0 Å². The van der Waals surface area contributed by atoms with Crippen LogP contribution in [0.2, 0.25) is 10.0 Å². The van der Waals surface area contributed by atoms with E-state index in [2.05, 4.69) is 19.1 Å². The van der Waals surface area contributed by atoms with Crippen molar-refractivity contribution in [2.45, 2.75) is 30.4 Å². The first kappa shape index (κ1) is 16.7. The van der Waals surface area contributed by atoms with Gasteiger partial charge in [0.15, 0.2) is 0 Å². The quantitative estimate of drug-likeness (QED) is 0.729. The molecule has 0 spiro atoms. The normalized spacial score (nSPS) is 13.9. The second-order valence-corrected chi connectivity index (χ2v) is 6.86. The lowest BCUT2D eigenvalue weighted by Crippen LogP contribution is -2.26. The third-order valence-electron chi connectivity index (χ3n) is 3.45. The third kappa shape index (κ3) is 4.40. The Bertz CT molecular complexity index is 589. The van der Waals surface area contributed by atoms with Gasteiger partial charge in [0.25, 0.3) is 0 Å². The van der Waals surface area contributed by atoms with Crippen LogP contribution in [0.1, 0.15) is 29.7 Å². The van der Waals surface area contributed by atoms with E-state index in [9.17, 15) is 0 Å². The van der Waals surface area contributed by atoms with E-state index in [0.717, 1.165) is 33.3 Å². The summed E-state index contributed by atoms with van der Waals surface area (Å²) in [5.74, 6) is 0.823. The van der Waals surface area contributed by atoms with Crippen molar-refractivity contribution in [2.24, 2.45) is 5.73 Å². The van der Waals surface area contributed by atoms with Crippen molar-refractivity contribution in [2.75, 3.05) is 0 Å². The average Bonchev–Trinajstić information content (AvgIpc) is 2.50. The Kier molecular flexibility index (Phi) is 6.43. The highest BCUT2D eigenvalue weighted by Crippen LogP contribution is 2.39. The molecule has 2 aromatic rings.